The van der Waals surface area contributed by atoms with Crippen LogP contribution in [0.15, 0.2) is 77.9 Å². The molecule has 1 N–H and O–H groups in total. The molecule has 1 amide bonds. The molecule has 0 unspecified atom stereocenters. The van der Waals surface area contributed by atoms with E-state index in [1.165, 1.54) is 9.08 Å². The number of ether oxygens (including phenoxy) is 1. The second-order valence-corrected chi connectivity index (χ2v) is 6.23. The van der Waals surface area contributed by atoms with E-state index in [0.717, 1.165) is 11.3 Å². The van der Waals surface area contributed by atoms with Crippen LogP contribution in [0.4, 0.5) is 5.69 Å². The van der Waals surface area contributed by atoms with Gasteiger partial charge in [-0.25, -0.2) is 4.52 Å². The summed E-state index contributed by atoms with van der Waals surface area (Å²) in [5.41, 5.74) is 2.36. The van der Waals surface area contributed by atoms with Crippen LogP contribution in [0.5, 0.6) is 5.75 Å². The Labute approximate surface area is 160 Å². The van der Waals surface area contributed by atoms with E-state index in [0.29, 0.717) is 16.9 Å². The zero-order valence-corrected chi connectivity index (χ0v) is 15.2. The highest BCUT2D eigenvalue weighted by Crippen LogP contribution is 2.21. The number of nitrogens with zero attached hydrogens (tertiary/aromatic N) is 3. The van der Waals surface area contributed by atoms with Gasteiger partial charge in [-0.05, 0) is 42.5 Å². The minimum atomic E-state index is -0.280. The summed E-state index contributed by atoms with van der Waals surface area (Å²) in [4.78, 5) is 25.0. The molecule has 0 aliphatic carbocycles. The Morgan fingerprint density at radius 3 is 2.54 bits per heavy atom. The normalized spacial score (nSPS) is 10.8. The average molecular weight is 374 g/mol. The molecule has 2 heterocycles. The number of aromatic nitrogens is 3. The maximum Gasteiger partial charge on any atom is 0.277 e. The number of anilines is 1. The first kappa shape index (κ1) is 17.5. The van der Waals surface area contributed by atoms with E-state index in [4.69, 9.17) is 4.74 Å². The lowest BCUT2D eigenvalue weighted by molar-refractivity contribution is -0.116. The van der Waals surface area contributed by atoms with Crippen molar-refractivity contribution in [3.05, 3.63) is 83.4 Å². The molecule has 7 nitrogen and oxygen atoms in total. The van der Waals surface area contributed by atoms with E-state index in [-0.39, 0.29) is 18.0 Å². The number of hydrogen-bond acceptors (Lipinski definition) is 4. The number of nitrogens with one attached hydrogen (secondary N) is 1. The van der Waals surface area contributed by atoms with Crippen LogP contribution >= 0.6 is 0 Å². The maximum atomic E-state index is 12.8. The van der Waals surface area contributed by atoms with Crippen molar-refractivity contribution in [1.82, 2.24) is 14.2 Å². The zero-order valence-electron chi connectivity index (χ0n) is 15.2. The number of carbonyl (C=O) groups is 1. The van der Waals surface area contributed by atoms with Crippen molar-refractivity contribution >= 4 is 17.1 Å². The molecule has 0 spiro atoms. The van der Waals surface area contributed by atoms with E-state index < -0.39 is 0 Å². The number of hydrogen-bond donors (Lipinski definition) is 1. The second kappa shape index (κ2) is 7.40. The first-order valence-electron chi connectivity index (χ1n) is 8.72. The summed E-state index contributed by atoms with van der Waals surface area (Å²) < 4.78 is 8.05. The third-order valence-electron chi connectivity index (χ3n) is 4.36. The van der Waals surface area contributed by atoms with E-state index >= 15 is 0 Å². The topological polar surface area (TPSA) is 77.6 Å². The standard InChI is InChI=1S/C21H18N4O3/c1-28-17-9-7-15(8-10-17)18-13-19-21(27)24(11-12-25(19)23-18)14-20(26)22-16-5-3-2-4-6-16/h2-13H,14H2,1H3,(H,22,26). The first-order chi connectivity index (χ1) is 13.6. The van der Waals surface area contributed by atoms with Gasteiger partial charge in [0.25, 0.3) is 5.56 Å². The number of benzene rings is 2. The van der Waals surface area contributed by atoms with Gasteiger partial charge < -0.3 is 14.6 Å². The van der Waals surface area contributed by atoms with Crippen molar-refractivity contribution in [2.75, 3.05) is 12.4 Å². The minimum absolute atomic E-state index is 0.0761. The Hall–Kier alpha value is -3.87. The molecule has 2 aromatic carbocycles. The smallest absolute Gasteiger partial charge is 0.277 e. The predicted octanol–water partition coefficient (Wildman–Crippen LogP) is 2.81. The van der Waals surface area contributed by atoms with Crippen LogP contribution in [0.25, 0.3) is 16.8 Å². The molecule has 0 bridgehead atoms. The van der Waals surface area contributed by atoms with Crippen LogP contribution in [0.3, 0.4) is 0 Å². The molecule has 0 saturated heterocycles. The van der Waals surface area contributed by atoms with Crippen LogP contribution in [0.2, 0.25) is 0 Å². The van der Waals surface area contributed by atoms with Crippen LogP contribution in [-0.2, 0) is 11.3 Å². The molecule has 0 aliphatic heterocycles. The molecular weight excluding hydrogens is 356 g/mol. The Morgan fingerprint density at radius 2 is 1.82 bits per heavy atom. The number of methoxy groups -OCH3 is 1. The minimum Gasteiger partial charge on any atom is -0.497 e. The molecule has 4 aromatic rings. The lowest BCUT2D eigenvalue weighted by Crippen LogP contribution is -2.28. The predicted molar refractivity (Wildman–Crippen MR) is 107 cm³/mol. The van der Waals surface area contributed by atoms with Gasteiger partial charge in [0.2, 0.25) is 5.91 Å². The second-order valence-electron chi connectivity index (χ2n) is 6.23. The van der Waals surface area contributed by atoms with E-state index in [1.807, 2.05) is 42.5 Å². The summed E-state index contributed by atoms with van der Waals surface area (Å²) in [5, 5.41) is 7.22. The Bertz CT molecular complexity index is 1180. The number of para-hydroxylation sites is 1. The number of fused-ring (bicyclic) bond motifs is 1. The molecule has 0 atom stereocenters. The van der Waals surface area contributed by atoms with Gasteiger partial charge in [0.05, 0.1) is 12.8 Å². The fourth-order valence-corrected chi connectivity index (χ4v) is 2.93. The van der Waals surface area contributed by atoms with Crippen molar-refractivity contribution in [3.8, 4) is 17.0 Å². The summed E-state index contributed by atoms with van der Waals surface area (Å²) in [5.74, 6) is 0.479. The Morgan fingerprint density at radius 1 is 1.07 bits per heavy atom. The van der Waals surface area contributed by atoms with Crippen LogP contribution < -0.4 is 15.6 Å². The lowest BCUT2D eigenvalue weighted by atomic mass is 10.1. The highest BCUT2D eigenvalue weighted by atomic mass is 16.5. The number of rotatable bonds is 5. The molecule has 0 aliphatic rings. The van der Waals surface area contributed by atoms with Crippen molar-refractivity contribution in [3.63, 3.8) is 0 Å². The fraction of sp³-hybridized carbons (Fsp3) is 0.0952. The van der Waals surface area contributed by atoms with Crippen molar-refractivity contribution in [1.29, 1.82) is 0 Å². The third kappa shape index (κ3) is 3.50. The largest absolute Gasteiger partial charge is 0.497 e. The van der Waals surface area contributed by atoms with Crippen LogP contribution in [0, 0.1) is 0 Å². The molecule has 28 heavy (non-hydrogen) atoms. The van der Waals surface area contributed by atoms with Crippen molar-refractivity contribution in [2.24, 2.45) is 0 Å². The van der Waals surface area contributed by atoms with Gasteiger partial charge in [-0.1, -0.05) is 18.2 Å². The monoisotopic (exact) mass is 374 g/mol. The summed E-state index contributed by atoms with van der Waals surface area (Å²) >= 11 is 0. The molecule has 140 valence electrons. The SMILES string of the molecule is COc1ccc(-c2cc3c(=O)n(CC(=O)Nc4ccccc4)ccn3n2)cc1. The zero-order chi connectivity index (χ0) is 19.5. The maximum absolute atomic E-state index is 12.8. The number of amides is 1. The summed E-state index contributed by atoms with van der Waals surface area (Å²) in [7, 11) is 1.61. The Kier molecular flexibility index (Phi) is 4.63. The summed E-state index contributed by atoms with van der Waals surface area (Å²) in [6.45, 7) is -0.0761. The summed E-state index contributed by atoms with van der Waals surface area (Å²) in [6, 6.07) is 18.3. The molecule has 0 fully saturated rings. The van der Waals surface area contributed by atoms with Gasteiger partial charge in [-0.15, -0.1) is 0 Å². The highest BCUT2D eigenvalue weighted by molar-refractivity contribution is 5.90. The molecule has 7 heteroatoms. The van der Waals surface area contributed by atoms with Crippen molar-refractivity contribution < 1.29 is 9.53 Å². The van der Waals surface area contributed by atoms with Gasteiger partial charge in [-0.2, -0.15) is 5.10 Å². The molecule has 0 radical (unpaired) electrons. The third-order valence-corrected chi connectivity index (χ3v) is 4.36. The van der Waals surface area contributed by atoms with Gasteiger partial charge in [-0.3, -0.25) is 9.59 Å². The molecule has 0 saturated carbocycles. The van der Waals surface area contributed by atoms with E-state index in [9.17, 15) is 9.59 Å². The van der Waals surface area contributed by atoms with E-state index in [1.54, 1.807) is 37.7 Å². The molecular formula is C21H18N4O3. The fourth-order valence-electron chi connectivity index (χ4n) is 2.93. The van der Waals surface area contributed by atoms with Crippen molar-refractivity contribution in [2.45, 2.75) is 6.54 Å². The number of carbonyl (C=O) groups excluding carboxylic acids is 1. The lowest BCUT2D eigenvalue weighted by Gasteiger charge is -2.07. The average Bonchev–Trinajstić information content (AvgIpc) is 3.16. The summed E-state index contributed by atoms with van der Waals surface area (Å²) in [6.07, 6.45) is 3.23. The van der Waals surface area contributed by atoms with Gasteiger partial charge in [0.1, 0.15) is 17.8 Å². The van der Waals surface area contributed by atoms with Gasteiger partial charge in [0, 0.05) is 23.6 Å². The quantitative estimate of drug-likeness (QED) is 0.583. The highest BCUT2D eigenvalue weighted by Gasteiger charge is 2.11. The van der Waals surface area contributed by atoms with E-state index in [2.05, 4.69) is 10.4 Å². The van der Waals surface area contributed by atoms with Crippen LogP contribution in [-0.4, -0.2) is 27.2 Å². The molecule has 4 rings (SSSR count). The van der Waals surface area contributed by atoms with Crippen LogP contribution in [0.1, 0.15) is 0 Å². The Balaban J connectivity index is 1.59. The molecule has 2 aromatic heterocycles. The van der Waals surface area contributed by atoms with Gasteiger partial charge in [0.15, 0.2) is 0 Å². The first-order valence-corrected chi connectivity index (χ1v) is 8.72. The van der Waals surface area contributed by atoms with Gasteiger partial charge >= 0.3 is 0 Å².